The molecule has 5 rings (SSSR count). The van der Waals surface area contributed by atoms with Crippen molar-refractivity contribution in [3.63, 3.8) is 0 Å². The van der Waals surface area contributed by atoms with Gasteiger partial charge in [-0.1, -0.05) is 13.0 Å². The smallest absolute Gasteiger partial charge is 0.254 e. The summed E-state index contributed by atoms with van der Waals surface area (Å²) in [4.78, 5) is 21.5. The number of nitrogens with zero attached hydrogens (tertiary/aromatic N) is 3. The number of hydrogen-bond donors (Lipinski definition) is 1. The van der Waals surface area contributed by atoms with Crippen LogP contribution >= 0.6 is 0 Å². The van der Waals surface area contributed by atoms with Gasteiger partial charge >= 0.3 is 0 Å². The minimum absolute atomic E-state index is 0.0250. The quantitative estimate of drug-likeness (QED) is 0.607. The highest BCUT2D eigenvalue weighted by Gasteiger charge is 2.50. The monoisotopic (exact) mass is 511 g/mol. The van der Waals surface area contributed by atoms with Crippen molar-refractivity contribution < 1.29 is 28.8 Å². The van der Waals surface area contributed by atoms with Gasteiger partial charge in [0.2, 0.25) is 0 Å². The van der Waals surface area contributed by atoms with Crippen LogP contribution in [0.1, 0.15) is 39.2 Å². The zero-order chi connectivity index (χ0) is 26.4. The van der Waals surface area contributed by atoms with Crippen LogP contribution in [0.25, 0.3) is 0 Å². The van der Waals surface area contributed by atoms with E-state index in [4.69, 9.17) is 18.9 Å². The highest BCUT2D eigenvalue weighted by molar-refractivity contribution is 5.82. The second-order valence-corrected chi connectivity index (χ2v) is 11.0. The van der Waals surface area contributed by atoms with E-state index in [0.717, 1.165) is 24.3 Å². The van der Waals surface area contributed by atoms with Crippen LogP contribution in [0.15, 0.2) is 42.7 Å². The van der Waals surface area contributed by atoms with E-state index >= 15 is 0 Å². The van der Waals surface area contributed by atoms with E-state index in [1.807, 2.05) is 57.3 Å². The Morgan fingerprint density at radius 2 is 1.97 bits per heavy atom. The largest absolute Gasteiger partial charge is 0.493 e. The molecule has 1 N–H and O–H groups in total. The van der Waals surface area contributed by atoms with E-state index in [1.165, 1.54) is 0 Å². The lowest BCUT2D eigenvalue weighted by atomic mass is 9.72. The number of pyridine rings is 1. The van der Waals surface area contributed by atoms with Gasteiger partial charge < -0.3 is 33.9 Å². The van der Waals surface area contributed by atoms with E-state index in [9.17, 15) is 9.90 Å². The second kappa shape index (κ2) is 9.78. The number of carbonyl (C=O) groups excluding carboxylic acids is 1. The second-order valence-electron chi connectivity index (χ2n) is 11.0. The van der Waals surface area contributed by atoms with Crippen molar-refractivity contribution in [1.29, 1.82) is 0 Å². The molecule has 3 saturated heterocycles. The van der Waals surface area contributed by atoms with Crippen LogP contribution in [0.4, 0.5) is 5.69 Å². The topological polar surface area (TPSA) is 93.6 Å². The first-order chi connectivity index (χ1) is 17.6. The summed E-state index contributed by atoms with van der Waals surface area (Å²) in [5.41, 5.74) is 1.54. The number of ether oxygens (including phenoxy) is 4. The van der Waals surface area contributed by atoms with E-state index in [1.54, 1.807) is 25.1 Å². The van der Waals surface area contributed by atoms with Crippen molar-refractivity contribution in [3.8, 4) is 11.5 Å². The third kappa shape index (κ3) is 5.00. The molecule has 9 heteroatoms. The van der Waals surface area contributed by atoms with Crippen molar-refractivity contribution in [2.45, 2.75) is 57.7 Å². The molecule has 0 aliphatic carbocycles. The number of benzene rings is 1. The van der Waals surface area contributed by atoms with Gasteiger partial charge in [-0.15, -0.1) is 0 Å². The maximum atomic E-state index is 13.3. The molecule has 1 amide bonds. The molecule has 37 heavy (non-hydrogen) atoms. The molecule has 3 aliphatic heterocycles. The summed E-state index contributed by atoms with van der Waals surface area (Å²) in [6, 6.07) is 9.89. The standard InChI is InChI=1S/C28H37N3O6/c1-18(32)28(4)17-31(26(33)25-16-35-27(2,3)37-25)15-22(28)19-8-9-23(34-5)24(11-19)36-21-13-30(14-21)20-7-6-10-29-12-20/h6-12,18,21-22,25,32H,13-17H2,1-5H3/t18-,22+,25+,28+/m1/s1. The predicted octanol–water partition coefficient (Wildman–Crippen LogP) is 2.82. The van der Waals surface area contributed by atoms with Crippen molar-refractivity contribution in [2.75, 3.05) is 44.8 Å². The van der Waals surface area contributed by atoms with Crippen LogP contribution < -0.4 is 14.4 Å². The number of amides is 1. The molecule has 4 atom stereocenters. The van der Waals surface area contributed by atoms with Crippen LogP contribution in [0.5, 0.6) is 11.5 Å². The number of rotatable bonds is 7. The zero-order valence-electron chi connectivity index (χ0n) is 22.2. The normalized spacial score (nSPS) is 28.2. The number of aliphatic hydroxyl groups excluding tert-OH is 1. The third-order valence-electron chi connectivity index (χ3n) is 8.02. The molecule has 3 fully saturated rings. The summed E-state index contributed by atoms with van der Waals surface area (Å²) < 4.78 is 23.4. The van der Waals surface area contributed by atoms with Gasteiger partial charge in [0.1, 0.15) is 6.10 Å². The fourth-order valence-corrected chi connectivity index (χ4v) is 5.55. The highest BCUT2D eigenvalue weighted by atomic mass is 16.7. The summed E-state index contributed by atoms with van der Waals surface area (Å²) in [6.45, 7) is 10.1. The summed E-state index contributed by atoms with van der Waals surface area (Å²) >= 11 is 0. The lowest BCUT2D eigenvalue weighted by Crippen LogP contribution is -2.54. The Bertz CT molecular complexity index is 1120. The van der Waals surface area contributed by atoms with E-state index in [0.29, 0.717) is 24.6 Å². The molecule has 0 bridgehead atoms. The molecule has 0 spiro atoms. The average molecular weight is 512 g/mol. The number of likely N-dealkylation sites (tertiary alicyclic amines) is 1. The molecule has 1 aromatic heterocycles. The zero-order valence-corrected chi connectivity index (χ0v) is 22.2. The van der Waals surface area contributed by atoms with Gasteiger partial charge in [-0.2, -0.15) is 0 Å². The lowest BCUT2D eigenvalue weighted by Gasteiger charge is -2.40. The van der Waals surface area contributed by atoms with E-state index < -0.39 is 23.4 Å². The van der Waals surface area contributed by atoms with Crippen LogP contribution in [-0.4, -0.2) is 84.9 Å². The first-order valence-corrected chi connectivity index (χ1v) is 12.9. The number of aromatic nitrogens is 1. The first kappa shape index (κ1) is 25.8. The molecule has 3 aliphatic rings. The molecule has 2 aromatic rings. The Labute approximate surface area is 218 Å². The van der Waals surface area contributed by atoms with Crippen LogP contribution in [-0.2, 0) is 14.3 Å². The van der Waals surface area contributed by atoms with Gasteiger partial charge in [-0.3, -0.25) is 9.78 Å². The number of carbonyl (C=O) groups is 1. The molecular formula is C28H37N3O6. The number of aliphatic hydroxyl groups is 1. The van der Waals surface area contributed by atoms with Crippen molar-refractivity contribution >= 4 is 11.6 Å². The minimum Gasteiger partial charge on any atom is -0.493 e. The molecule has 9 nitrogen and oxygen atoms in total. The van der Waals surface area contributed by atoms with E-state index in [2.05, 4.69) is 9.88 Å². The Kier molecular flexibility index (Phi) is 6.81. The Morgan fingerprint density at radius 3 is 2.59 bits per heavy atom. The Morgan fingerprint density at radius 1 is 1.19 bits per heavy atom. The van der Waals surface area contributed by atoms with Gasteiger partial charge in [-0.05, 0) is 50.6 Å². The van der Waals surface area contributed by atoms with Crippen LogP contribution in [0.3, 0.4) is 0 Å². The summed E-state index contributed by atoms with van der Waals surface area (Å²) in [7, 11) is 1.63. The fraction of sp³-hybridized carbons (Fsp3) is 0.571. The molecule has 0 radical (unpaired) electrons. The van der Waals surface area contributed by atoms with Crippen LogP contribution in [0, 0.1) is 5.41 Å². The Hall–Kier alpha value is -2.88. The number of methoxy groups -OCH3 is 1. The SMILES string of the molecule is COc1ccc([C@@H]2CN(C(=O)[C@@H]3COC(C)(C)O3)C[C@@]2(C)[C@@H](C)O)cc1OC1CN(c2cccnc2)C1. The fourth-order valence-electron chi connectivity index (χ4n) is 5.55. The maximum absolute atomic E-state index is 13.3. The minimum atomic E-state index is -0.774. The lowest BCUT2D eigenvalue weighted by molar-refractivity contribution is -0.159. The number of hydrogen-bond acceptors (Lipinski definition) is 8. The highest BCUT2D eigenvalue weighted by Crippen LogP contribution is 2.47. The van der Waals surface area contributed by atoms with Gasteiger partial charge in [-0.25, -0.2) is 0 Å². The van der Waals surface area contributed by atoms with Crippen LogP contribution in [0.2, 0.25) is 0 Å². The Balaban J connectivity index is 1.33. The van der Waals surface area contributed by atoms with Gasteiger partial charge in [0.25, 0.3) is 5.91 Å². The van der Waals surface area contributed by atoms with Gasteiger partial charge in [0.05, 0.1) is 44.8 Å². The molecule has 4 heterocycles. The predicted molar refractivity (Wildman–Crippen MR) is 138 cm³/mol. The summed E-state index contributed by atoms with van der Waals surface area (Å²) in [5, 5.41) is 10.8. The van der Waals surface area contributed by atoms with Crippen molar-refractivity contribution in [1.82, 2.24) is 9.88 Å². The van der Waals surface area contributed by atoms with Crippen molar-refractivity contribution in [3.05, 3.63) is 48.3 Å². The van der Waals surface area contributed by atoms with Gasteiger partial charge in [0, 0.05) is 30.6 Å². The number of anilines is 1. The maximum Gasteiger partial charge on any atom is 0.254 e. The molecule has 1 aromatic carbocycles. The van der Waals surface area contributed by atoms with E-state index in [-0.39, 0.29) is 24.5 Å². The molecule has 200 valence electrons. The average Bonchev–Trinajstić information content (AvgIpc) is 3.41. The molecular weight excluding hydrogens is 474 g/mol. The molecule has 0 unspecified atom stereocenters. The summed E-state index contributed by atoms with van der Waals surface area (Å²) in [5.74, 6) is 0.363. The van der Waals surface area contributed by atoms with Crippen molar-refractivity contribution in [2.24, 2.45) is 5.41 Å². The molecule has 0 saturated carbocycles. The van der Waals surface area contributed by atoms with Gasteiger partial charge in [0.15, 0.2) is 23.4 Å². The first-order valence-electron chi connectivity index (χ1n) is 12.9. The summed E-state index contributed by atoms with van der Waals surface area (Å²) in [6.07, 6.45) is 2.38. The third-order valence-corrected chi connectivity index (χ3v) is 8.02.